The van der Waals surface area contributed by atoms with Gasteiger partial charge in [0.25, 0.3) is 5.56 Å². The second kappa shape index (κ2) is 4.50. The van der Waals surface area contributed by atoms with E-state index in [-0.39, 0.29) is 5.56 Å². The first kappa shape index (κ1) is 11.9. The highest BCUT2D eigenvalue weighted by molar-refractivity contribution is 14.1. The molecule has 0 bridgehead atoms. The predicted molar refractivity (Wildman–Crippen MR) is 78.8 cm³/mol. The fourth-order valence-electron chi connectivity index (χ4n) is 2.44. The molecule has 0 fully saturated rings. The third-order valence-corrected chi connectivity index (χ3v) is 4.78. The van der Waals surface area contributed by atoms with Crippen LogP contribution in [-0.4, -0.2) is 9.55 Å². The Labute approximate surface area is 119 Å². The van der Waals surface area contributed by atoms with Crippen LogP contribution in [0, 0.1) is 10.5 Å². The Balaban J connectivity index is 1.88. The van der Waals surface area contributed by atoms with E-state index in [9.17, 15) is 4.79 Å². The normalized spacial score (nSPS) is 17.1. The predicted octanol–water partition coefficient (Wildman–Crippen LogP) is 2.50. The van der Waals surface area contributed by atoms with Crippen molar-refractivity contribution in [3.8, 4) is 0 Å². The van der Waals surface area contributed by atoms with Crippen LogP contribution in [0.15, 0.2) is 35.4 Å². The third-order valence-electron chi connectivity index (χ3n) is 3.54. The maximum atomic E-state index is 12.1. The van der Waals surface area contributed by atoms with E-state index in [0.717, 1.165) is 22.2 Å². The van der Waals surface area contributed by atoms with Gasteiger partial charge >= 0.3 is 0 Å². The number of hydrogen-bond donors (Lipinski definition) is 0. The first-order valence-corrected chi connectivity index (χ1v) is 7.04. The highest BCUT2D eigenvalue weighted by Crippen LogP contribution is 2.35. The Kier molecular flexibility index (Phi) is 2.97. The maximum absolute atomic E-state index is 12.1. The Morgan fingerprint density at radius 3 is 3.00 bits per heavy atom. The van der Waals surface area contributed by atoms with Crippen molar-refractivity contribution < 1.29 is 0 Å². The van der Waals surface area contributed by atoms with Gasteiger partial charge < -0.3 is 0 Å². The summed E-state index contributed by atoms with van der Waals surface area (Å²) in [6, 6.07) is 8.44. The number of fused-ring (bicyclic) bond motifs is 1. The molecule has 1 heterocycles. The quantitative estimate of drug-likeness (QED) is 0.779. The van der Waals surface area contributed by atoms with Crippen LogP contribution in [-0.2, 0) is 13.0 Å². The number of rotatable bonds is 2. The zero-order valence-corrected chi connectivity index (χ0v) is 12.2. The first-order chi connectivity index (χ1) is 8.66. The van der Waals surface area contributed by atoms with Gasteiger partial charge in [-0.2, -0.15) is 0 Å². The molecule has 1 unspecified atom stereocenters. The highest BCUT2D eigenvalue weighted by Gasteiger charge is 2.26. The van der Waals surface area contributed by atoms with Gasteiger partial charge in [0.2, 0.25) is 0 Å². The second-order valence-electron chi connectivity index (χ2n) is 4.70. The molecule has 3 nitrogen and oxygen atoms in total. The van der Waals surface area contributed by atoms with E-state index in [0.29, 0.717) is 5.92 Å². The summed E-state index contributed by atoms with van der Waals surface area (Å²) in [6.07, 6.45) is 2.73. The number of nitrogens with zero attached hydrogens (tertiary/aromatic N) is 2. The second-order valence-corrected chi connectivity index (χ2v) is 5.78. The summed E-state index contributed by atoms with van der Waals surface area (Å²) in [5.41, 5.74) is 3.67. The summed E-state index contributed by atoms with van der Waals surface area (Å²) in [4.78, 5) is 16.4. The molecule has 1 aromatic carbocycles. The summed E-state index contributed by atoms with van der Waals surface area (Å²) < 4.78 is 2.46. The molecule has 3 rings (SSSR count). The van der Waals surface area contributed by atoms with Gasteiger partial charge in [-0.3, -0.25) is 9.36 Å². The van der Waals surface area contributed by atoms with Crippen LogP contribution >= 0.6 is 22.6 Å². The van der Waals surface area contributed by atoms with E-state index >= 15 is 0 Å². The minimum atomic E-state index is 0.0764. The number of benzene rings is 1. The molecule has 18 heavy (non-hydrogen) atoms. The van der Waals surface area contributed by atoms with Gasteiger partial charge in [0.1, 0.15) is 0 Å². The molecule has 4 heteroatoms. The average molecular weight is 352 g/mol. The molecule has 2 aromatic rings. The van der Waals surface area contributed by atoms with Crippen LogP contribution in [0.4, 0.5) is 0 Å². The van der Waals surface area contributed by atoms with Crippen LogP contribution in [0.2, 0.25) is 0 Å². The molecule has 1 atom stereocenters. The highest BCUT2D eigenvalue weighted by atomic mass is 127. The number of aryl methyl sites for hydroxylation is 1. The number of hydrogen-bond acceptors (Lipinski definition) is 2. The van der Waals surface area contributed by atoms with Crippen molar-refractivity contribution in [2.45, 2.75) is 25.8 Å². The van der Waals surface area contributed by atoms with Gasteiger partial charge in [-0.15, -0.1) is 0 Å². The number of halogens is 1. The molecule has 0 radical (unpaired) electrons. The molecular weight excluding hydrogens is 339 g/mol. The van der Waals surface area contributed by atoms with Crippen molar-refractivity contribution in [2.75, 3.05) is 0 Å². The van der Waals surface area contributed by atoms with Crippen LogP contribution < -0.4 is 5.56 Å². The van der Waals surface area contributed by atoms with Crippen molar-refractivity contribution in [3.63, 3.8) is 0 Å². The SMILES string of the molecule is Cc1ncn(CC2Cc3ccccc32)c(=O)c1I. The lowest BCUT2D eigenvalue weighted by Crippen LogP contribution is -2.30. The Morgan fingerprint density at radius 1 is 1.44 bits per heavy atom. The van der Waals surface area contributed by atoms with Gasteiger partial charge in [-0.05, 0) is 47.1 Å². The zero-order chi connectivity index (χ0) is 12.7. The lowest BCUT2D eigenvalue weighted by molar-refractivity contribution is 0.492. The fourth-order valence-corrected chi connectivity index (χ4v) is 2.89. The molecular formula is C14H13IN2O. The molecule has 0 amide bonds. The molecule has 92 valence electrons. The van der Waals surface area contributed by atoms with Crippen LogP contribution in [0.3, 0.4) is 0 Å². The standard InChI is InChI=1S/C14H13IN2O/c1-9-13(15)14(18)17(8-16-9)7-11-6-10-4-2-3-5-12(10)11/h2-5,8,11H,6-7H2,1H3. The summed E-state index contributed by atoms with van der Waals surface area (Å²) in [5, 5.41) is 0. The molecule has 0 saturated heterocycles. The van der Waals surface area contributed by atoms with E-state index in [1.807, 2.05) is 6.92 Å². The Bertz CT molecular complexity index is 663. The Morgan fingerprint density at radius 2 is 2.22 bits per heavy atom. The lowest BCUT2D eigenvalue weighted by atomic mass is 9.77. The Hall–Kier alpha value is -1.17. The fraction of sp³-hybridized carbons (Fsp3) is 0.286. The smallest absolute Gasteiger partial charge is 0.267 e. The van der Waals surface area contributed by atoms with Gasteiger partial charge in [-0.1, -0.05) is 24.3 Å². The maximum Gasteiger partial charge on any atom is 0.267 e. The van der Waals surface area contributed by atoms with E-state index in [1.54, 1.807) is 10.9 Å². The third kappa shape index (κ3) is 1.88. The van der Waals surface area contributed by atoms with Gasteiger partial charge in [0, 0.05) is 12.5 Å². The minimum absolute atomic E-state index is 0.0764. The van der Waals surface area contributed by atoms with Crippen LogP contribution in [0.1, 0.15) is 22.7 Å². The molecule has 0 saturated carbocycles. The first-order valence-electron chi connectivity index (χ1n) is 5.96. The van der Waals surface area contributed by atoms with Crippen LogP contribution in [0.5, 0.6) is 0 Å². The molecule has 0 spiro atoms. The van der Waals surface area contributed by atoms with Crippen molar-refractivity contribution in [1.82, 2.24) is 9.55 Å². The molecule has 1 aliphatic rings. The van der Waals surface area contributed by atoms with Crippen molar-refractivity contribution in [2.24, 2.45) is 0 Å². The monoisotopic (exact) mass is 352 g/mol. The van der Waals surface area contributed by atoms with Crippen molar-refractivity contribution in [1.29, 1.82) is 0 Å². The summed E-state index contributed by atoms with van der Waals surface area (Å²) in [6.45, 7) is 2.60. The summed E-state index contributed by atoms with van der Waals surface area (Å²) in [7, 11) is 0. The van der Waals surface area contributed by atoms with E-state index < -0.39 is 0 Å². The molecule has 1 aromatic heterocycles. The van der Waals surface area contributed by atoms with E-state index in [2.05, 4.69) is 51.8 Å². The van der Waals surface area contributed by atoms with Crippen molar-refractivity contribution >= 4 is 22.6 Å². The van der Waals surface area contributed by atoms with Gasteiger partial charge in [0.15, 0.2) is 0 Å². The average Bonchev–Trinajstić information content (AvgIpc) is 2.35. The van der Waals surface area contributed by atoms with Crippen LogP contribution in [0.25, 0.3) is 0 Å². The molecule has 1 aliphatic carbocycles. The van der Waals surface area contributed by atoms with E-state index in [1.165, 1.54) is 11.1 Å². The van der Waals surface area contributed by atoms with Gasteiger partial charge in [0.05, 0.1) is 15.6 Å². The number of aromatic nitrogens is 2. The largest absolute Gasteiger partial charge is 0.298 e. The lowest BCUT2D eigenvalue weighted by Gasteiger charge is -2.30. The van der Waals surface area contributed by atoms with E-state index in [4.69, 9.17) is 0 Å². The van der Waals surface area contributed by atoms with Crippen molar-refractivity contribution in [3.05, 3.63) is 61.3 Å². The summed E-state index contributed by atoms with van der Waals surface area (Å²) >= 11 is 2.08. The molecule has 0 N–H and O–H groups in total. The minimum Gasteiger partial charge on any atom is -0.298 e. The molecule has 0 aliphatic heterocycles. The zero-order valence-electron chi connectivity index (χ0n) is 10.1. The van der Waals surface area contributed by atoms with Gasteiger partial charge in [-0.25, -0.2) is 4.98 Å². The summed E-state index contributed by atoms with van der Waals surface area (Å²) in [5.74, 6) is 0.458. The topological polar surface area (TPSA) is 34.9 Å².